The summed E-state index contributed by atoms with van der Waals surface area (Å²) >= 11 is 0. The third-order valence-corrected chi connectivity index (χ3v) is 7.81. The van der Waals surface area contributed by atoms with Gasteiger partial charge in [0.2, 0.25) is 0 Å². The molecule has 4 aromatic rings. The summed E-state index contributed by atoms with van der Waals surface area (Å²) in [6, 6.07) is 9.34. The molecule has 3 N–H and O–H groups in total. The molecule has 1 aliphatic heterocycles. The van der Waals surface area contributed by atoms with Crippen LogP contribution >= 0.6 is 0 Å². The number of aryl methyl sites for hydroxylation is 4. The van der Waals surface area contributed by atoms with Gasteiger partial charge in [0.1, 0.15) is 17.7 Å². The average molecular weight is 584 g/mol. The monoisotopic (exact) mass is 583 g/mol. The van der Waals surface area contributed by atoms with Crippen LogP contribution in [0.1, 0.15) is 48.3 Å². The number of hydrogen-bond donors (Lipinski definition) is 3. The van der Waals surface area contributed by atoms with Crippen molar-refractivity contribution >= 4 is 17.6 Å². The van der Waals surface area contributed by atoms with Gasteiger partial charge in [0.05, 0.1) is 30.3 Å². The highest BCUT2D eigenvalue weighted by atomic mass is 16.4. The van der Waals surface area contributed by atoms with E-state index in [2.05, 4.69) is 60.7 Å². The minimum Gasteiger partial charge on any atom is -0.480 e. The molecule has 0 saturated heterocycles. The Kier molecular flexibility index (Phi) is 10.3. The zero-order valence-electron chi connectivity index (χ0n) is 25.0. The summed E-state index contributed by atoms with van der Waals surface area (Å²) in [6.07, 6.45) is 12.2. The van der Waals surface area contributed by atoms with Crippen molar-refractivity contribution in [2.24, 2.45) is 0 Å². The molecule has 5 heterocycles. The minimum absolute atomic E-state index is 0.422. The third-order valence-electron chi connectivity index (χ3n) is 7.81. The molecule has 1 aliphatic rings. The number of aliphatic carboxylic acids is 1. The molecule has 4 aromatic heterocycles. The molecule has 226 valence electrons. The Morgan fingerprint density at radius 3 is 2.72 bits per heavy atom. The molecule has 0 bridgehead atoms. The summed E-state index contributed by atoms with van der Waals surface area (Å²) in [4.78, 5) is 32.3. The SMILES string of the molecule is Cc1cc(C)n(CCN(CCCCc2ccc3c(n2)NCCC3)CCC(Nc2cncc(-c3ccncc3)n2)C(=O)O)n1. The molecule has 0 aromatic carbocycles. The smallest absolute Gasteiger partial charge is 0.326 e. The molecule has 5 rings (SSSR count). The number of carboxylic acids is 1. The number of hydrogen-bond acceptors (Lipinski definition) is 9. The zero-order valence-corrected chi connectivity index (χ0v) is 25.0. The Bertz CT molecular complexity index is 1490. The number of rotatable bonds is 15. The maximum absolute atomic E-state index is 12.3. The minimum atomic E-state index is -0.915. The van der Waals surface area contributed by atoms with Crippen molar-refractivity contribution in [2.45, 2.75) is 65.0 Å². The van der Waals surface area contributed by atoms with Crippen molar-refractivity contribution in [2.75, 3.05) is 36.8 Å². The fraction of sp³-hybridized carbons (Fsp3) is 0.438. The van der Waals surface area contributed by atoms with Crippen LogP contribution in [0.3, 0.4) is 0 Å². The van der Waals surface area contributed by atoms with Gasteiger partial charge in [0.25, 0.3) is 0 Å². The van der Waals surface area contributed by atoms with E-state index in [9.17, 15) is 9.90 Å². The number of pyridine rings is 2. The van der Waals surface area contributed by atoms with Gasteiger partial charge in [-0.2, -0.15) is 5.10 Å². The highest BCUT2D eigenvalue weighted by Crippen LogP contribution is 2.21. The lowest BCUT2D eigenvalue weighted by molar-refractivity contribution is -0.138. The van der Waals surface area contributed by atoms with Crippen molar-refractivity contribution in [1.82, 2.24) is 34.6 Å². The zero-order chi connectivity index (χ0) is 30.0. The van der Waals surface area contributed by atoms with Crippen LogP contribution in [0.2, 0.25) is 0 Å². The highest BCUT2D eigenvalue weighted by Gasteiger charge is 2.20. The fourth-order valence-corrected chi connectivity index (χ4v) is 5.47. The Morgan fingerprint density at radius 1 is 1.07 bits per heavy atom. The predicted octanol–water partition coefficient (Wildman–Crippen LogP) is 4.39. The van der Waals surface area contributed by atoms with Crippen molar-refractivity contribution in [3.8, 4) is 11.3 Å². The molecule has 0 spiro atoms. The predicted molar refractivity (Wildman–Crippen MR) is 167 cm³/mol. The first-order chi connectivity index (χ1) is 20.9. The summed E-state index contributed by atoms with van der Waals surface area (Å²) in [5.74, 6) is 0.558. The van der Waals surface area contributed by atoms with Crippen molar-refractivity contribution in [1.29, 1.82) is 0 Å². The molecular formula is C32H41N9O2. The molecule has 1 atom stereocenters. The van der Waals surface area contributed by atoms with Crippen LogP contribution in [-0.2, 0) is 24.2 Å². The molecule has 11 nitrogen and oxygen atoms in total. The van der Waals surface area contributed by atoms with Crippen molar-refractivity contribution < 1.29 is 9.90 Å². The number of aromatic nitrogens is 6. The molecule has 1 unspecified atom stereocenters. The van der Waals surface area contributed by atoms with E-state index in [1.165, 1.54) is 5.56 Å². The summed E-state index contributed by atoms with van der Waals surface area (Å²) < 4.78 is 2.03. The van der Waals surface area contributed by atoms with E-state index >= 15 is 0 Å². The third kappa shape index (κ3) is 8.57. The second kappa shape index (κ2) is 14.7. The molecule has 11 heteroatoms. The van der Waals surface area contributed by atoms with E-state index in [4.69, 9.17) is 4.98 Å². The quantitative estimate of drug-likeness (QED) is 0.173. The first-order valence-corrected chi connectivity index (χ1v) is 15.1. The van der Waals surface area contributed by atoms with Gasteiger partial charge in [-0.15, -0.1) is 0 Å². The standard InChI is InChI=1S/C32H41N9O2/c1-23-20-24(2)41(39-23)19-18-40(16-4-3-7-27-9-8-26-6-5-13-35-31(26)36-27)17-12-28(32(42)43)37-30-22-34-21-29(38-30)25-10-14-33-15-11-25/h8-11,14-15,20-22,28H,3-7,12-13,16-19H2,1-2H3,(H,35,36)(H,37,38)(H,42,43). The summed E-state index contributed by atoms with van der Waals surface area (Å²) in [5.41, 5.74) is 6.08. The molecule has 43 heavy (non-hydrogen) atoms. The molecule has 0 radical (unpaired) electrons. The van der Waals surface area contributed by atoms with Gasteiger partial charge >= 0.3 is 5.97 Å². The lowest BCUT2D eigenvalue weighted by Gasteiger charge is -2.25. The number of fused-ring (bicyclic) bond motifs is 1. The fourth-order valence-electron chi connectivity index (χ4n) is 5.47. The maximum Gasteiger partial charge on any atom is 0.326 e. The summed E-state index contributed by atoms with van der Waals surface area (Å²) in [6.45, 7) is 8.09. The molecule has 0 aliphatic carbocycles. The van der Waals surface area contributed by atoms with Crippen LogP contribution in [0.25, 0.3) is 11.3 Å². The van der Waals surface area contributed by atoms with E-state index in [-0.39, 0.29) is 0 Å². The van der Waals surface area contributed by atoms with Crippen LogP contribution in [0, 0.1) is 13.8 Å². The van der Waals surface area contributed by atoms with Crippen LogP contribution < -0.4 is 10.6 Å². The maximum atomic E-state index is 12.3. The van der Waals surface area contributed by atoms with Gasteiger partial charge in [-0.3, -0.25) is 14.6 Å². The number of nitrogens with one attached hydrogen (secondary N) is 2. The topological polar surface area (TPSA) is 134 Å². The van der Waals surface area contributed by atoms with E-state index in [0.717, 1.165) is 86.7 Å². The van der Waals surface area contributed by atoms with E-state index in [0.29, 0.717) is 24.5 Å². The average Bonchev–Trinajstić information content (AvgIpc) is 3.35. The van der Waals surface area contributed by atoms with Crippen molar-refractivity contribution in [3.05, 3.63) is 77.8 Å². The molecule has 0 saturated carbocycles. The number of carbonyl (C=O) groups is 1. The van der Waals surface area contributed by atoms with E-state index < -0.39 is 12.0 Å². The summed E-state index contributed by atoms with van der Waals surface area (Å²) in [5, 5.41) is 21.2. The Morgan fingerprint density at radius 2 is 1.93 bits per heavy atom. The first kappa shape index (κ1) is 30.1. The van der Waals surface area contributed by atoms with Gasteiger partial charge in [-0.1, -0.05) is 6.07 Å². The number of carboxylic acid groups (broad SMARTS) is 1. The second-order valence-corrected chi connectivity index (χ2v) is 11.1. The molecular weight excluding hydrogens is 542 g/mol. The lowest BCUT2D eigenvalue weighted by Crippen LogP contribution is -2.37. The van der Waals surface area contributed by atoms with E-state index in [1.807, 2.05) is 23.7 Å². The Hall–Kier alpha value is -4.38. The van der Waals surface area contributed by atoms with Gasteiger partial charge in [0.15, 0.2) is 0 Å². The van der Waals surface area contributed by atoms with Gasteiger partial charge < -0.3 is 20.6 Å². The van der Waals surface area contributed by atoms with Crippen LogP contribution in [0.4, 0.5) is 11.6 Å². The lowest BCUT2D eigenvalue weighted by atomic mass is 10.1. The van der Waals surface area contributed by atoms with Gasteiger partial charge in [-0.25, -0.2) is 14.8 Å². The number of unbranched alkanes of at least 4 members (excludes halogenated alkanes) is 1. The van der Waals surface area contributed by atoms with Gasteiger partial charge in [0, 0.05) is 49.0 Å². The normalized spacial score (nSPS) is 13.4. The Balaban J connectivity index is 1.19. The van der Waals surface area contributed by atoms with Crippen molar-refractivity contribution in [3.63, 3.8) is 0 Å². The van der Waals surface area contributed by atoms with E-state index in [1.54, 1.807) is 24.8 Å². The largest absolute Gasteiger partial charge is 0.480 e. The van der Waals surface area contributed by atoms with Crippen LogP contribution in [-0.4, -0.2) is 77.9 Å². The van der Waals surface area contributed by atoms with Gasteiger partial charge in [-0.05, 0) is 88.7 Å². The van der Waals surface area contributed by atoms with Crippen LogP contribution in [0.5, 0.6) is 0 Å². The number of nitrogens with zero attached hydrogens (tertiary/aromatic N) is 7. The highest BCUT2D eigenvalue weighted by molar-refractivity contribution is 5.77. The first-order valence-electron chi connectivity index (χ1n) is 15.1. The molecule has 0 fully saturated rings. The molecule has 0 amide bonds. The van der Waals surface area contributed by atoms with Crippen LogP contribution in [0.15, 0.2) is 55.1 Å². The Labute approximate surface area is 252 Å². The number of anilines is 2. The second-order valence-electron chi connectivity index (χ2n) is 11.1. The summed E-state index contributed by atoms with van der Waals surface area (Å²) in [7, 11) is 0.